The average Bonchev–Trinajstić information content (AvgIpc) is 2.55. The van der Waals surface area contributed by atoms with Gasteiger partial charge in [0.15, 0.2) is 5.82 Å². The molecule has 108 valence electrons. The van der Waals surface area contributed by atoms with Gasteiger partial charge in [0, 0.05) is 23.5 Å². The summed E-state index contributed by atoms with van der Waals surface area (Å²) in [4.78, 5) is 8.91. The van der Waals surface area contributed by atoms with Crippen LogP contribution in [0.1, 0.15) is 50.2 Å². The molecule has 0 N–H and O–H groups in total. The number of hydrogen-bond donors (Lipinski definition) is 0. The lowest BCUT2D eigenvalue weighted by Crippen LogP contribution is -1.93. The van der Waals surface area contributed by atoms with E-state index < -0.39 is 0 Å². The summed E-state index contributed by atoms with van der Waals surface area (Å²) in [6.07, 6.45) is 16.8. The number of aromatic nitrogens is 2. The van der Waals surface area contributed by atoms with E-state index in [2.05, 4.69) is 22.8 Å². The second-order valence-electron chi connectivity index (χ2n) is 5.30. The maximum atomic E-state index is 5.35. The molecule has 1 aromatic heterocycles. The molecule has 0 amide bonds. The molecule has 0 fully saturated rings. The summed E-state index contributed by atoms with van der Waals surface area (Å²) in [5, 5.41) is 0. The van der Waals surface area contributed by atoms with E-state index in [0.29, 0.717) is 0 Å². The van der Waals surface area contributed by atoms with E-state index in [9.17, 15) is 0 Å². The third-order valence-corrected chi connectivity index (χ3v) is 3.58. The Bertz CT molecular complexity index is 576. The number of benzene rings is 1. The van der Waals surface area contributed by atoms with Crippen molar-refractivity contribution in [2.45, 2.75) is 45.4 Å². The highest BCUT2D eigenvalue weighted by Crippen LogP contribution is 2.16. The Morgan fingerprint density at radius 3 is 2.24 bits per heavy atom. The van der Waals surface area contributed by atoms with Crippen molar-refractivity contribution in [2.75, 3.05) is 0 Å². The standard InChI is InChI=1S/C19H22N2/c1-3-5-6-7-8-9-17-14-20-19(21-15-17)18-12-10-16(4-2)11-13-18/h2,10-15H,3,5-9H2,1H3. The number of nitrogens with zero attached hydrogens (tertiary/aromatic N) is 2. The van der Waals surface area contributed by atoms with Crippen LogP contribution in [0.4, 0.5) is 0 Å². The summed E-state index contributed by atoms with van der Waals surface area (Å²) in [6.45, 7) is 2.24. The summed E-state index contributed by atoms with van der Waals surface area (Å²) in [5.74, 6) is 3.37. The molecule has 2 nitrogen and oxygen atoms in total. The van der Waals surface area contributed by atoms with Crippen LogP contribution in [0.2, 0.25) is 0 Å². The molecule has 0 saturated heterocycles. The fourth-order valence-electron chi connectivity index (χ4n) is 2.28. The lowest BCUT2D eigenvalue weighted by Gasteiger charge is -2.03. The van der Waals surface area contributed by atoms with Crippen molar-refractivity contribution in [2.24, 2.45) is 0 Å². The number of unbranched alkanes of at least 4 members (excludes halogenated alkanes) is 4. The van der Waals surface area contributed by atoms with Crippen LogP contribution >= 0.6 is 0 Å². The molecule has 2 aromatic rings. The van der Waals surface area contributed by atoms with Gasteiger partial charge in [-0.05, 0) is 42.7 Å². The summed E-state index contributed by atoms with van der Waals surface area (Å²) < 4.78 is 0. The third kappa shape index (κ3) is 4.72. The Labute approximate surface area is 127 Å². The Balaban J connectivity index is 1.90. The zero-order valence-corrected chi connectivity index (χ0v) is 12.7. The molecular weight excluding hydrogens is 256 g/mol. The normalized spacial score (nSPS) is 10.3. The van der Waals surface area contributed by atoms with Crippen molar-refractivity contribution in [3.63, 3.8) is 0 Å². The van der Waals surface area contributed by atoms with Crippen LogP contribution in [0.25, 0.3) is 11.4 Å². The molecule has 0 aliphatic carbocycles. The molecule has 0 aliphatic rings. The number of rotatable bonds is 7. The van der Waals surface area contributed by atoms with Gasteiger partial charge in [-0.15, -0.1) is 6.42 Å². The first-order valence-corrected chi connectivity index (χ1v) is 7.71. The summed E-state index contributed by atoms with van der Waals surface area (Å²) >= 11 is 0. The van der Waals surface area contributed by atoms with Crippen LogP contribution in [-0.2, 0) is 6.42 Å². The van der Waals surface area contributed by atoms with Crippen molar-refractivity contribution < 1.29 is 0 Å². The zero-order chi connectivity index (χ0) is 14.9. The molecule has 1 heterocycles. The summed E-state index contributed by atoms with van der Waals surface area (Å²) in [5.41, 5.74) is 3.10. The van der Waals surface area contributed by atoms with Crippen LogP contribution in [-0.4, -0.2) is 9.97 Å². The maximum Gasteiger partial charge on any atom is 0.159 e. The van der Waals surface area contributed by atoms with Crippen LogP contribution in [0.5, 0.6) is 0 Å². The fraction of sp³-hybridized carbons (Fsp3) is 0.368. The highest BCUT2D eigenvalue weighted by atomic mass is 14.9. The Morgan fingerprint density at radius 2 is 1.62 bits per heavy atom. The van der Waals surface area contributed by atoms with E-state index in [1.807, 2.05) is 36.7 Å². The first kappa shape index (κ1) is 15.3. The summed E-state index contributed by atoms with van der Waals surface area (Å²) in [6, 6.07) is 7.77. The van der Waals surface area contributed by atoms with Gasteiger partial charge in [0.2, 0.25) is 0 Å². The summed E-state index contributed by atoms with van der Waals surface area (Å²) in [7, 11) is 0. The second kappa shape index (κ2) is 8.21. The largest absolute Gasteiger partial charge is 0.236 e. The van der Waals surface area contributed by atoms with E-state index in [1.54, 1.807) is 0 Å². The Morgan fingerprint density at radius 1 is 0.952 bits per heavy atom. The van der Waals surface area contributed by atoms with E-state index in [-0.39, 0.29) is 0 Å². The van der Waals surface area contributed by atoms with Crippen LogP contribution < -0.4 is 0 Å². The maximum absolute atomic E-state index is 5.35. The van der Waals surface area contributed by atoms with Crippen molar-refractivity contribution in [1.29, 1.82) is 0 Å². The average molecular weight is 278 g/mol. The monoisotopic (exact) mass is 278 g/mol. The molecule has 0 saturated carbocycles. The predicted molar refractivity (Wildman–Crippen MR) is 87.9 cm³/mol. The van der Waals surface area contributed by atoms with E-state index >= 15 is 0 Å². The van der Waals surface area contributed by atoms with E-state index in [1.165, 1.54) is 37.7 Å². The minimum Gasteiger partial charge on any atom is -0.236 e. The van der Waals surface area contributed by atoms with Crippen LogP contribution in [0.15, 0.2) is 36.7 Å². The fourth-order valence-corrected chi connectivity index (χ4v) is 2.28. The predicted octanol–water partition coefficient (Wildman–Crippen LogP) is 4.64. The molecule has 2 rings (SSSR count). The SMILES string of the molecule is C#Cc1ccc(-c2ncc(CCCCCCC)cn2)cc1. The van der Waals surface area contributed by atoms with Crippen molar-refractivity contribution in [1.82, 2.24) is 9.97 Å². The van der Waals surface area contributed by atoms with Crippen molar-refractivity contribution >= 4 is 0 Å². The molecule has 0 aliphatic heterocycles. The molecule has 0 unspecified atom stereocenters. The van der Waals surface area contributed by atoms with Gasteiger partial charge in [-0.3, -0.25) is 0 Å². The lowest BCUT2D eigenvalue weighted by atomic mass is 10.1. The highest BCUT2D eigenvalue weighted by molar-refractivity contribution is 5.56. The molecule has 0 bridgehead atoms. The van der Waals surface area contributed by atoms with Gasteiger partial charge in [0.1, 0.15) is 0 Å². The third-order valence-electron chi connectivity index (χ3n) is 3.58. The number of aryl methyl sites for hydroxylation is 1. The molecule has 0 spiro atoms. The smallest absolute Gasteiger partial charge is 0.159 e. The van der Waals surface area contributed by atoms with E-state index in [0.717, 1.165) is 23.4 Å². The molecule has 0 radical (unpaired) electrons. The molecular formula is C19H22N2. The van der Waals surface area contributed by atoms with Gasteiger partial charge in [-0.1, -0.05) is 38.5 Å². The second-order valence-corrected chi connectivity index (χ2v) is 5.30. The Kier molecular flexibility index (Phi) is 5.97. The van der Waals surface area contributed by atoms with Gasteiger partial charge in [0.25, 0.3) is 0 Å². The first-order chi connectivity index (χ1) is 10.3. The molecule has 21 heavy (non-hydrogen) atoms. The van der Waals surface area contributed by atoms with E-state index in [4.69, 9.17) is 6.42 Å². The molecule has 2 heteroatoms. The quantitative estimate of drug-likeness (QED) is 0.545. The zero-order valence-electron chi connectivity index (χ0n) is 12.7. The van der Waals surface area contributed by atoms with Crippen LogP contribution in [0.3, 0.4) is 0 Å². The molecule has 0 atom stereocenters. The highest BCUT2D eigenvalue weighted by Gasteiger charge is 2.01. The topological polar surface area (TPSA) is 25.8 Å². The number of terminal acetylenes is 1. The first-order valence-electron chi connectivity index (χ1n) is 7.71. The van der Waals surface area contributed by atoms with Gasteiger partial charge in [-0.25, -0.2) is 9.97 Å². The van der Waals surface area contributed by atoms with Crippen molar-refractivity contribution in [3.8, 4) is 23.7 Å². The minimum atomic E-state index is 0.758. The van der Waals surface area contributed by atoms with Crippen molar-refractivity contribution in [3.05, 3.63) is 47.8 Å². The van der Waals surface area contributed by atoms with Gasteiger partial charge in [-0.2, -0.15) is 0 Å². The van der Waals surface area contributed by atoms with Gasteiger partial charge < -0.3 is 0 Å². The lowest BCUT2D eigenvalue weighted by molar-refractivity contribution is 0.631. The minimum absolute atomic E-state index is 0.758. The molecule has 1 aromatic carbocycles. The van der Waals surface area contributed by atoms with Gasteiger partial charge >= 0.3 is 0 Å². The Hall–Kier alpha value is -2.14. The van der Waals surface area contributed by atoms with Gasteiger partial charge in [0.05, 0.1) is 0 Å². The van der Waals surface area contributed by atoms with Crippen LogP contribution in [0, 0.1) is 12.3 Å². The number of hydrogen-bond acceptors (Lipinski definition) is 2.